The zero-order valence-corrected chi connectivity index (χ0v) is 13.2. The van der Waals surface area contributed by atoms with Gasteiger partial charge < -0.3 is 14.8 Å². The summed E-state index contributed by atoms with van der Waals surface area (Å²) in [5.74, 6) is -0.860. The highest BCUT2D eigenvalue weighted by molar-refractivity contribution is 6.31. The van der Waals surface area contributed by atoms with Gasteiger partial charge in [-0.1, -0.05) is 36.7 Å². The molecule has 1 aromatic rings. The molecule has 1 N–H and O–H groups in total. The number of esters is 1. The van der Waals surface area contributed by atoms with Crippen molar-refractivity contribution in [1.29, 1.82) is 0 Å². The van der Waals surface area contributed by atoms with Crippen LogP contribution in [0.1, 0.15) is 25.8 Å². The van der Waals surface area contributed by atoms with Gasteiger partial charge in [0.2, 0.25) is 5.91 Å². The number of carbonyl (C=O) groups excluding carboxylic acids is 2. The Labute approximate surface area is 129 Å². The Kier molecular flexibility index (Phi) is 6.65. The SMILES string of the molecule is CC[C@](C)(NC(=O)COCc1ccccc1Cl)C(=O)OC. The number of benzene rings is 1. The number of halogens is 1. The lowest BCUT2D eigenvalue weighted by Gasteiger charge is -2.26. The predicted molar refractivity (Wildman–Crippen MR) is 80.0 cm³/mol. The quantitative estimate of drug-likeness (QED) is 0.785. The fraction of sp³-hybridized carbons (Fsp3) is 0.467. The second kappa shape index (κ2) is 8.00. The molecule has 0 unspecified atom stereocenters. The molecule has 1 atom stereocenters. The smallest absolute Gasteiger partial charge is 0.331 e. The summed E-state index contributed by atoms with van der Waals surface area (Å²) in [7, 11) is 1.29. The molecular weight excluding hydrogens is 294 g/mol. The maximum atomic E-state index is 11.8. The molecule has 5 nitrogen and oxygen atoms in total. The first kappa shape index (κ1) is 17.5. The van der Waals surface area contributed by atoms with Gasteiger partial charge in [-0.05, 0) is 25.0 Å². The third-order valence-corrected chi connectivity index (χ3v) is 3.58. The first-order chi connectivity index (χ1) is 9.92. The zero-order valence-electron chi connectivity index (χ0n) is 12.4. The molecule has 0 spiro atoms. The maximum absolute atomic E-state index is 11.8. The van der Waals surface area contributed by atoms with Crippen LogP contribution in [0.25, 0.3) is 0 Å². The van der Waals surface area contributed by atoms with Gasteiger partial charge in [-0.15, -0.1) is 0 Å². The Balaban J connectivity index is 2.47. The van der Waals surface area contributed by atoms with Gasteiger partial charge in [0.15, 0.2) is 0 Å². The van der Waals surface area contributed by atoms with E-state index >= 15 is 0 Å². The number of rotatable bonds is 7. The molecule has 116 valence electrons. The molecule has 0 radical (unpaired) electrons. The molecule has 0 fully saturated rings. The number of methoxy groups -OCH3 is 1. The minimum absolute atomic E-state index is 0.155. The number of hydrogen-bond donors (Lipinski definition) is 1. The van der Waals surface area contributed by atoms with E-state index in [9.17, 15) is 9.59 Å². The lowest BCUT2D eigenvalue weighted by atomic mass is 9.99. The molecule has 6 heteroatoms. The molecule has 1 amide bonds. The van der Waals surface area contributed by atoms with Crippen LogP contribution >= 0.6 is 11.6 Å². The fourth-order valence-electron chi connectivity index (χ4n) is 1.72. The molecule has 0 aliphatic rings. The molecule has 0 bridgehead atoms. The van der Waals surface area contributed by atoms with Gasteiger partial charge >= 0.3 is 5.97 Å². The largest absolute Gasteiger partial charge is 0.467 e. The van der Waals surface area contributed by atoms with Crippen LogP contribution in [0, 0.1) is 0 Å². The van der Waals surface area contributed by atoms with E-state index in [0.29, 0.717) is 11.4 Å². The summed E-state index contributed by atoms with van der Waals surface area (Å²) in [6.45, 7) is 3.48. The summed E-state index contributed by atoms with van der Waals surface area (Å²) in [5.41, 5.74) is -0.238. The van der Waals surface area contributed by atoms with E-state index in [1.54, 1.807) is 19.9 Å². The molecule has 0 aliphatic carbocycles. The van der Waals surface area contributed by atoms with Gasteiger partial charge in [-0.3, -0.25) is 4.79 Å². The van der Waals surface area contributed by atoms with Crippen LogP contribution in [0.15, 0.2) is 24.3 Å². The van der Waals surface area contributed by atoms with Crippen LogP contribution in [-0.4, -0.2) is 31.1 Å². The number of ether oxygens (including phenoxy) is 2. The highest BCUT2D eigenvalue weighted by atomic mass is 35.5. The second-order valence-corrected chi connectivity index (χ2v) is 5.22. The first-order valence-electron chi connectivity index (χ1n) is 6.63. The minimum Gasteiger partial charge on any atom is -0.467 e. The van der Waals surface area contributed by atoms with E-state index < -0.39 is 11.5 Å². The molecule has 1 rings (SSSR count). The highest BCUT2D eigenvalue weighted by Gasteiger charge is 2.33. The van der Waals surface area contributed by atoms with Crippen molar-refractivity contribution in [3.8, 4) is 0 Å². The molecule has 0 saturated carbocycles. The zero-order chi connectivity index (χ0) is 15.9. The summed E-state index contributed by atoms with van der Waals surface area (Å²) in [5, 5.41) is 3.21. The van der Waals surface area contributed by atoms with Crippen LogP contribution in [0.5, 0.6) is 0 Å². The van der Waals surface area contributed by atoms with Crippen LogP contribution in [0.3, 0.4) is 0 Å². The van der Waals surface area contributed by atoms with Crippen molar-refractivity contribution in [2.24, 2.45) is 0 Å². The summed E-state index contributed by atoms with van der Waals surface area (Å²) < 4.78 is 10.0. The van der Waals surface area contributed by atoms with Gasteiger partial charge in [0.1, 0.15) is 12.1 Å². The van der Waals surface area contributed by atoms with Crippen molar-refractivity contribution >= 4 is 23.5 Å². The van der Waals surface area contributed by atoms with E-state index in [1.807, 2.05) is 18.2 Å². The minimum atomic E-state index is -1.04. The van der Waals surface area contributed by atoms with Crippen LogP contribution in [0.4, 0.5) is 0 Å². The lowest BCUT2D eigenvalue weighted by Crippen LogP contribution is -2.53. The Bertz CT molecular complexity index is 506. The van der Waals surface area contributed by atoms with Gasteiger partial charge in [0.25, 0.3) is 0 Å². The van der Waals surface area contributed by atoms with E-state index in [1.165, 1.54) is 7.11 Å². The van der Waals surface area contributed by atoms with Crippen LogP contribution < -0.4 is 5.32 Å². The third kappa shape index (κ3) is 5.02. The summed E-state index contributed by atoms with van der Waals surface area (Å²) in [6, 6.07) is 7.24. The van der Waals surface area contributed by atoms with Gasteiger partial charge in [0, 0.05) is 5.02 Å². The van der Waals surface area contributed by atoms with Gasteiger partial charge in [-0.2, -0.15) is 0 Å². The molecule has 0 heterocycles. The number of carbonyl (C=O) groups is 2. The monoisotopic (exact) mass is 313 g/mol. The number of amides is 1. The lowest BCUT2D eigenvalue weighted by molar-refractivity contribution is -0.151. The van der Waals surface area contributed by atoms with E-state index in [2.05, 4.69) is 10.1 Å². The Hall–Kier alpha value is -1.59. The van der Waals surface area contributed by atoms with E-state index in [4.69, 9.17) is 16.3 Å². The predicted octanol–water partition coefficient (Wildman–Crippen LogP) is 2.31. The number of nitrogens with one attached hydrogen (secondary N) is 1. The highest BCUT2D eigenvalue weighted by Crippen LogP contribution is 2.15. The first-order valence-corrected chi connectivity index (χ1v) is 7.01. The Morgan fingerprint density at radius 2 is 2.00 bits per heavy atom. The standard InChI is InChI=1S/C15H20ClNO4/c1-4-15(2,14(19)20-3)17-13(18)10-21-9-11-7-5-6-8-12(11)16/h5-8H,4,9-10H2,1-3H3,(H,17,18)/t15-/m0/s1. The molecule has 1 aromatic carbocycles. The molecule has 0 aromatic heterocycles. The summed E-state index contributed by atoms with van der Waals surface area (Å²) in [6.07, 6.45) is 0.427. The third-order valence-electron chi connectivity index (χ3n) is 3.21. The van der Waals surface area contributed by atoms with Crippen molar-refractivity contribution < 1.29 is 19.1 Å². The van der Waals surface area contributed by atoms with Crippen LogP contribution in [0.2, 0.25) is 5.02 Å². The van der Waals surface area contributed by atoms with Gasteiger partial charge in [-0.25, -0.2) is 4.79 Å². The molecular formula is C15H20ClNO4. The average Bonchev–Trinajstić information content (AvgIpc) is 2.48. The van der Waals surface area contributed by atoms with E-state index in [0.717, 1.165) is 5.56 Å². The molecule has 0 aliphatic heterocycles. The number of hydrogen-bond acceptors (Lipinski definition) is 4. The second-order valence-electron chi connectivity index (χ2n) is 4.81. The van der Waals surface area contributed by atoms with Crippen molar-refractivity contribution in [3.63, 3.8) is 0 Å². The normalized spacial score (nSPS) is 13.3. The van der Waals surface area contributed by atoms with Crippen molar-refractivity contribution in [3.05, 3.63) is 34.9 Å². The average molecular weight is 314 g/mol. The Morgan fingerprint density at radius 3 is 2.57 bits per heavy atom. The summed E-state index contributed by atoms with van der Waals surface area (Å²) in [4.78, 5) is 23.5. The maximum Gasteiger partial charge on any atom is 0.331 e. The van der Waals surface area contributed by atoms with E-state index in [-0.39, 0.29) is 19.1 Å². The summed E-state index contributed by atoms with van der Waals surface area (Å²) >= 11 is 5.99. The van der Waals surface area contributed by atoms with Crippen LogP contribution in [-0.2, 0) is 25.7 Å². The Morgan fingerprint density at radius 1 is 1.33 bits per heavy atom. The van der Waals surface area contributed by atoms with Crippen molar-refractivity contribution in [2.75, 3.05) is 13.7 Å². The van der Waals surface area contributed by atoms with Crippen molar-refractivity contribution in [2.45, 2.75) is 32.4 Å². The van der Waals surface area contributed by atoms with Crippen molar-refractivity contribution in [1.82, 2.24) is 5.32 Å². The topological polar surface area (TPSA) is 64.6 Å². The molecule has 21 heavy (non-hydrogen) atoms. The fourth-order valence-corrected chi connectivity index (χ4v) is 1.91. The molecule has 0 saturated heterocycles. The van der Waals surface area contributed by atoms with Gasteiger partial charge in [0.05, 0.1) is 13.7 Å².